The van der Waals surface area contributed by atoms with Crippen molar-refractivity contribution in [2.45, 2.75) is 19.3 Å². The van der Waals surface area contributed by atoms with Gasteiger partial charge in [0.1, 0.15) is 5.82 Å². The predicted molar refractivity (Wildman–Crippen MR) is 49.3 cm³/mol. The molecule has 1 aliphatic rings. The molecule has 0 N–H and O–H groups in total. The largest absolute Gasteiger partial charge is 0.381 e. The molecule has 0 amide bonds. The van der Waals surface area contributed by atoms with E-state index in [1.54, 1.807) is 0 Å². The van der Waals surface area contributed by atoms with Crippen molar-refractivity contribution in [3.05, 3.63) is 24.3 Å². The van der Waals surface area contributed by atoms with Crippen LogP contribution in [-0.2, 0) is 11.2 Å². The van der Waals surface area contributed by atoms with Crippen LogP contribution in [0.5, 0.6) is 0 Å². The van der Waals surface area contributed by atoms with Crippen molar-refractivity contribution in [1.82, 2.24) is 9.97 Å². The van der Waals surface area contributed by atoms with Gasteiger partial charge < -0.3 is 4.74 Å². The van der Waals surface area contributed by atoms with Crippen LogP contribution >= 0.6 is 0 Å². The third kappa shape index (κ3) is 2.49. The van der Waals surface area contributed by atoms with E-state index in [2.05, 4.69) is 9.97 Å². The second kappa shape index (κ2) is 4.33. The summed E-state index contributed by atoms with van der Waals surface area (Å²) >= 11 is 0. The Morgan fingerprint density at radius 2 is 1.92 bits per heavy atom. The average molecular weight is 178 g/mol. The zero-order valence-corrected chi connectivity index (χ0v) is 7.65. The minimum atomic E-state index is 0.719. The van der Waals surface area contributed by atoms with Crippen molar-refractivity contribution in [3.63, 3.8) is 0 Å². The zero-order chi connectivity index (χ0) is 8.93. The number of aromatic nitrogens is 2. The molecule has 0 saturated carbocycles. The Balaban J connectivity index is 1.90. The molecule has 3 nitrogen and oxygen atoms in total. The summed E-state index contributed by atoms with van der Waals surface area (Å²) < 4.78 is 5.30. The quantitative estimate of drug-likeness (QED) is 0.687. The van der Waals surface area contributed by atoms with Crippen molar-refractivity contribution in [2.75, 3.05) is 13.2 Å². The normalized spacial score (nSPS) is 18.8. The minimum Gasteiger partial charge on any atom is -0.381 e. The summed E-state index contributed by atoms with van der Waals surface area (Å²) in [5.74, 6) is 1.69. The summed E-state index contributed by atoms with van der Waals surface area (Å²) in [5.41, 5.74) is 0. The van der Waals surface area contributed by atoms with Crippen LogP contribution in [0.4, 0.5) is 0 Å². The highest BCUT2D eigenvalue weighted by molar-refractivity contribution is 4.90. The lowest BCUT2D eigenvalue weighted by molar-refractivity contribution is 0.0660. The van der Waals surface area contributed by atoms with E-state index >= 15 is 0 Å². The van der Waals surface area contributed by atoms with Gasteiger partial charge in [-0.2, -0.15) is 0 Å². The maximum Gasteiger partial charge on any atom is 0.128 e. The van der Waals surface area contributed by atoms with Gasteiger partial charge in [0, 0.05) is 32.0 Å². The van der Waals surface area contributed by atoms with Crippen LogP contribution < -0.4 is 0 Å². The maximum atomic E-state index is 5.30. The molecule has 0 aromatic carbocycles. The van der Waals surface area contributed by atoms with Gasteiger partial charge in [0.25, 0.3) is 0 Å². The molecule has 0 bridgehead atoms. The molecule has 13 heavy (non-hydrogen) atoms. The Morgan fingerprint density at radius 3 is 2.62 bits per heavy atom. The Kier molecular flexibility index (Phi) is 2.87. The first kappa shape index (κ1) is 8.63. The van der Waals surface area contributed by atoms with E-state index in [9.17, 15) is 0 Å². The minimum absolute atomic E-state index is 0.719. The monoisotopic (exact) mass is 178 g/mol. The SMILES string of the molecule is c1cnc(CC2CCOCC2)nc1. The van der Waals surface area contributed by atoms with E-state index in [4.69, 9.17) is 4.74 Å². The third-order valence-electron chi connectivity index (χ3n) is 2.43. The molecule has 0 atom stereocenters. The Morgan fingerprint density at radius 1 is 1.23 bits per heavy atom. The summed E-state index contributed by atoms with van der Waals surface area (Å²) in [6.07, 6.45) is 6.92. The summed E-state index contributed by atoms with van der Waals surface area (Å²) in [7, 11) is 0. The molecule has 0 radical (unpaired) electrons. The van der Waals surface area contributed by atoms with Gasteiger partial charge >= 0.3 is 0 Å². The second-order valence-electron chi connectivity index (χ2n) is 3.42. The van der Waals surface area contributed by atoms with E-state index in [1.807, 2.05) is 18.5 Å². The molecule has 1 aromatic heterocycles. The molecule has 2 rings (SSSR count). The smallest absolute Gasteiger partial charge is 0.128 e. The molecule has 1 aromatic rings. The van der Waals surface area contributed by atoms with Crippen molar-refractivity contribution in [1.29, 1.82) is 0 Å². The molecular formula is C10H14N2O. The van der Waals surface area contributed by atoms with E-state index in [-0.39, 0.29) is 0 Å². The van der Waals surface area contributed by atoms with Gasteiger partial charge in [-0.05, 0) is 24.8 Å². The van der Waals surface area contributed by atoms with Crippen LogP contribution in [0.1, 0.15) is 18.7 Å². The third-order valence-corrected chi connectivity index (χ3v) is 2.43. The van der Waals surface area contributed by atoms with Gasteiger partial charge in [0.05, 0.1) is 0 Å². The lowest BCUT2D eigenvalue weighted by Gasteiger charge is -2.20. The highest BCUT2D eigenvalue weighted by Crippen LogP contribution is 2.17. The topological polar surface area (TPSA) is 35.0 Å². The predicted octanol–water partition coefficient (Wildman–Crippen LogP) is 1.45. The first-order chi connectivity index (χ1) is 6.45. The van der Waals surface area contributed by atoms with Gasteiger partial charge in [-0.1, -0.05) is 0 Å². The molecule has 3 heteroatoms. The van der Waals surface area contributed by atoms with Crippen LogP contribution in [0.3, 0.4) is 0 Å². The fourth-order valence-corrected chi connectivity index (χ4v) is 1.64. The van der Waals surface area contributed by atoms with Gasteiger partial charge in [0.15, 0.2) is 0 Å². The first-order valence-electron chi connectivity index (χ1n) is 4.79. The Labute approximate surface area is 78.2 Å². The number of hydrogen-bond acceptors (Lipinski definition) is 3. The number of rotatable bonds is 2. The van der Waals surface area contributed by atoms with Crippen LogP contribution in [0, 0.1) is 5.92 Å². The van der Waals surface area contributed by atoms with E-state index in [0.717, 1.165) is 44.2 Å². The van der Waals surface area contributed by atoms with Crippen molar-refractivity contribution in [2.24, 2.45) is 5.92 Å². The lowest BCUT2D eigenvalue weighted by Crippen LogP contribution is -2.18. The summed E-state index contributed by atoms with van der Waals surface area (Å²) in [4.78, 5) is 8.44. The number of nitrogens with zero attached hydrogens (tertiary/aromatic N) is 2. The molecule has 70 valence electrons. The standard InChI is InChI=1S/C10H14N2O/c1-4-11-10(12-5-1)8-9-2-6-13-7-3-9/h1,4-5,9H,2-3,6-8H2. The zero-order valence-electron chi connectivity index (χ0n) is 7.65. The molecule has 0 unspecified atom stereocenters. The van der Waals surface area contributed by atoms with Crippen molar-refractivity contribution < 1.29 is 4.74 Å². The fourth-order valence-electron chi connectivity index (χ4n) is 1.64. The molecule has 1 saturated heterocycles. The summed E-state index contributed by atoms with van der Waals surface area (Å²) in [6, 6.07) is 1.85. The molecule has 2 heterocycles. The van der Waals surface area contributed by atoms with E-state index in [1.165, 1.54) is 0 Å². The molecule has 1 fully saturated rings. The average Bonchev–Trinajstić information content (AvgIpc) is 2.21. The van der Waals surface area contributed by atoms with Crippen LogP contribution in [0.2, 0.25) is 0 Å². The van der Waals surface area contributed by atoms with Crippen LogP contribution in [-0.4, -0.2) is 23.2 Å². The van der Waals surface area contributed by atoms with Crippen molar-refractivity contribution >= 4 is 0 Å². The number of ether oxygens (including phenoxy) is 1. The van der Waals surface area contributed by atoms with Gasteiger partial charge in [-0.25, -0.2) is 9.97 Å². The molecule has 1 aliphatic heterocycles. The summed E-state index contributed by atoms with van der Waals surface area (Å²) in [6.45, 7) is 1.80. The Hall–Kier alpha value is -0.960. The first-order valence-corrected chi connectivity index (χ1v) is 4.79. The van der Waals surface area contributed by atoms with Crippen molar-refractivity contribution in [3.8, 4) is 0 Å². The van der Waals surface area contributed by atoms with Crippen LogP contribution in [0.25, 0.3) is 0 Å². The molecular weight excluding hydrogens is 164 g/mol. The lowest BCUT2D eigenvalue weighted by atomic mass is 9.96. The van der Waals surface area contributed by atoms with Gasteiger partial charge in [-0.3, -0.25) is 0 Å². The fraction of sp³-hybridized carbons (Fsp3) is 0.600. The highest BCUT2D eigenvalue weighted by atomic mass is 16.5. The van der Waals surface area contributed by atoms with E-state index in [0.29, 0.717) is 0 Å². The number of hydrogen-bond donors (Lipinski definition) is 0. The summed E-state index contributed by atoms with van der Waals surface area (Å²) in [5, 5.41) is 0. The Bertz CT molecular complexity index is 244. The maximum absolute atomic E-state index is 5.30. The van der Waals surface area contributed by atoms with E-state index < -0.39 is 0 Å². The van der Waals surface area contributed by atoms with Gasteiger partial charge in [0.2, 0.25) is 0 Å². The highest BCUT2D eigenvalue weighted by Gasteiger charge is 2.14. The molecule has 0 spiro atoms. The van der Waals surface area contributed by atoms with Crippen LogP contribution in [0.15, 0.2) is 18.5 Å². The molecule has 0 aliphatic carbocycles. The second-order valence-corrected chi connectivity index (χ2v) is 3.42. The van der Waals surface area contributed by atoms with Gasteiger partial charge in [-0.15, -0.1) is 0 Å².